The quantitative estimate of drug-likeness (QED) is 0.854. The van der Waals surface area contributed by atoms with E-state index in [1.165, 1.54) is 11.3 Å². The average molecular weight is 338 g/mol. The van der Waals surface area contributed by atoms with E-state index in [1.54, 1.807) is 12.3 Å². The molecule has 1 aromatic heterocycles. The van der Waals surface area contributed by atoms with Crippen molar-refractivity contribution in [2.24, 2.45) is 0 Å². The van der Waals surface area contributed by atoms with Crippen molar-refractivity contribution in [3.8, 4) is 0 Å². The van der Waals surface area contributed by atoms with Gasteiger partial charge in [0.1, 0.15) is 5.60 Å². The largest absolute Gasteiger partial charge is 0.461 e. The highest BCUT2D eigenvalue weighted by Crippen LogP contribution is 2.68. The monoisotopic (exact) mass is 338 g/mol. The van der Waals surface area contributed by atoms with E-state index in [4.69, 9.17) is 9.47 Å². The first-order valence-corrected chi connectivity index (χ1v) is 8.69. The summed E-state index contributed by atoms with van der Waals surface area (Å²) in [6.45, 7) is 7.67. The molecule has 1 amide bonds. The van der Waals surface area contributed by atoms with Crippen LogP contribution in [0.15, 0.2) is 5.38 Å². The number of carbonyl (C=O) groups excluding carboxylic acids is 2. The molecule has 3 saturated carbocycles. The van der Waals surface area contributed by atoms with Gasteiger partial charge in [-0.2, -0.15) is 0 Å². The number of ether oxygens (including phenoxy) is 2. The maximum atomic E-state index is 11.9. The van der Waals surface area contributed by atoms with Gasteiger partial charge in [0.15, 0.2) is 5.69 Å². The van der Waals surface area contributed by atoms with Gasteiger partial charge in [-0.3, -0.25) is 0 Å². The summed E-state index contributed by atoms with van der Waals surface area (Å²) >= 11 is 1.50. The van der Waals surface area contributed by atoms with Gasteiger partial charge in [0, 0.05) is 16.3 Å². The van der Waals surface area contributed by atoms with E-state index in [1.807, 2.05) is 20.8 Å². The molecule has 126 valence electrons. The van der Waals surface area contributed by atoms with Crippen molar-refractivity contribution in [3.05, 3.63) is 16.1 Å². The molecule has 1 N–H and O–H groups in total. The summed E-state index contributed by atoms with van der Waals surface area (Å²) in [6.07, 6.45) is 2.20. The lowest BCUT2D eigenvalue weighted by molar-refractivity contribution is -0.0885. The van der Waals surface area contributed by atoms with Crippen LogP contribution in [0.1, 0.15) is 62.5 Å². The summed E-state index contributed by atoms with van der Waals surface area (Å²) in [5, 5.41) is 5.70. The summed E-state index contributed by atoms with van der Waals surface area (Å²) in [5.74, 6) is -0.372. The zero-order valence-electron chi connectivity index (χ0n) is 13.9. The summed E-state index contributed by atoms with van der Waals surface area (Å²) < 4.78 is 10.3. The number of nitrogens with zero attached hydrogens (tertiary/aromatic N) is 1. The number of esters is 1. The normalized spacial score (nSPS) is 28.3. The molecule has 6 nitrogen and oxygen atoms in total. The molecule has 0 spiro atoms. The molecule has 7 heteroatoms. The van der Waals surface area contributed by atoms with Crippen LogP contribution in [0, 0.1) is 0 Å². The molecule has 4 rings (SSSR count). The van der Waals surface area contributed by atoms with Gasteiger partial charge in [-0.05, 0) is 47.0 Å². The second-order valence-corrected chi connectivity index (χ2v) is 8.33. The Balaban J connectivity index is 1.57. The van der Waals surface area contributed by atoms with E-state index < -0.39 is 5.60 Å². The number of alkyl carbamates (subject to hydrolysis) is 1. The van der Waals surface area contributed by atoms with Crippen LogP contribution in [0.25, 0.3) is 0 Å². The minimum atomic E-state index is -0.491. The van der Waals surface area contributed by atoms with Crippen molar-refractivity contribution < 1.29 is 19.1 Å². The Morgan fingerprint density at radius 1 is 1.35 bits per heavy atom. The number of hydrogen-bond donors (Lipinski definition) is 1. The van der Waals surface area contributed by atoms with Crippen molar-refractivity contribution in [2.75, 3.05) is 6.61 Å². The number of nitrogens with one attached hydrogen (secondary N) is 1. The molecule has 0 aromatic carbocycles. The standard InChI is InChI=1S/C16H22N2O4S/c1-5-21-11(19)10-6-23-12(17-10)15-7-16(8-15,9-15)18-13(20)22-14(2,3)4/h6H,5,7-9H2,1-4H3,(H,18,20). The minimum absolute atomic E-state index is 0.0183. The molecular weight excluding hydrogens is 316 g/mol. The van der Waals surface area contributed by atoms with Crippen LogP contribution >= 0.6 is 11.3 Å². The molecule has 3 fully saturated rings. The topological polar surface area (TPSA) is 77.5 Å². The first-order valence-electron chi connectivity index (χ1n) is 7.81. The highest BCUT2D eigenvalue weighted by Gasteiger charge is 2.70. The number of hydrogen-bond acceptors (Lipinski definition) is 6. The molecule has 0 aliphatic heterocycles. The van der Waals surface area contributed by atoms with Gasteiger partial charge in [-0.25, -0.2) is 14.6 Å². The fraction of sp³-hybridized carbons (Fsp3) is 0.688. The Labute approximate surface area is 139 Å². The molecule has 0 saturated heterocycles. The van der Waals surface area contributed by atoms with E-state index in [0.29, 0.717) is 12.3 Å². The third kappa shape index (κ3) is 2.94. The predicted molar refractivity (Wildman–Crippen MR) is 85.7 cm³/mol. The molecule has 0 unspecified atom stereocenters. The maximum absolute atomic E-state index is 11.9. The van der Waals surface area contributed by atoms with Crippen LogP contribution in [0.3, 0.4) is 0 Å². The van der Waals surface area contributed by atoms with E-state index in [-0.39, 0.29) is 23.0 Å². The molecule has 3 aliphatic rings. The maximum Gasteiger partial charge on any atom is 0.408 e. The number of thiazole rings is 1. The minimum Gasteiger partial charge on any atom is -0.461 e. The lowest BCUT2D eigenvalue weighted by Crippen LogP contribution is -2.76. The lowest BCUT2D eigenvalue weighted by Gasteiger charge is -2.69. The van der Waals surface area contributed by atoms with Crippen molar-refractivity contribution >= 4 is 23.4 Å². The van der Waals surface area contributed by atoms with Gasteiger partial charge in [-0.15, -0.1) is 11.3 Å². The fourth-order valence-electron chi connectivity index (χ4n) is 3.48. The van der Waals surface area contributed by atoms with Crippen molar-refractivity contribution in [3.63, 3.8) is 0 Å². The molecule has 0 radical (unpaired) electrons. The summed E-state index contributed by atoms with van der Waals surface area (Å²) in [6, 6.07) is 0. The van der Waals surface area contributed by atoms with Gasteiger partial charge in [-0.1, -0.05) is 0 Å². The number of rotatable bonds is 4. The molecule has 1 aromatic rings. The molecule has 23 heavy (non-hydrogen) atoms. The van der Waals surface area contributed by atoms with E-state index in [9.17, 15) is 9.59 Å². The highest BCUT2D eigenvalue weighted by atomic mass is 32.1. The van der Waals surface area contributed by atoms with Crippen LogP contribution in [0.2, 0.25) is 0 Å². The van der Waals surface area contributed by atoms with E-state index in [2.05, 4.69) is 10.3 Å². The zero-order valence-corrected chi connectivity index (χ0v) is 14.7. The Hall–Kier alpha value is -1.63. The molecule has 0 atom stereocenters. The zero-order chi connectivity index (χ0) is 16.9. The SMILES string of the molecule is CCOC(=O)c1csc(C23CC(NC(=O)OC(C)(C)C)(C2)C3)n1. The second-order valence-electron chi connectivity index (χ2n) is 7.48. The van der Waals surface area contributed by atoms with Crippen molar-refractivity contribution in [2.45, 2.75) is 63.5 Å². The summed E-state index contributed by atoms with van der Waals surface area (Å²) in [4.78, 5) is 28.0. The Kier molecular flexibility index (Phi) is 3.66. The van der Waals surface area contributed by atoms with Crippen LogP contribution in [-0.4, -0.2) is 34.8 Å². The van der Waals surface area contributed by atoms with E-state index >= 15 is 0 Å². The third-order valence-electron chi connectivity index (χ3n) is 4.24. The van der Waals surface area contributed by atoms with Crippen molar-refractivity contribution in [1.82, 2.24) is 10.3 Å². The van der Waals surface area contributed by atoms with Crippen LogP contribution in [0.4, 0.5) is 4.79 Å². The van der Waals surface area contributed by atoms with Crippen LogP contribution in [0.5, 0.6) is 0 Å². The van der Waals surface area contributed by atoms with Crippen LogP contribution in [-0.2, 0) is 14.9 Å². The third-order valence-corrected chi connectivity index (χ3v) is 5.33. The Morgan fingerprint density at radius 2 is 2.00 bits per heavy atom. The first-order chi connectivity index (χ1) is 10.7. The van der Waals surface area contributed by atoms with Gasteiger partial charge in [0.2, 0.25) is 0 Å². The Bertz CT molecular complexity index is 627. The van der Waals surface area contributed by atoms with E-state index in [0.717, 1.165) is 24.3 Å². The first kappa shape index (κ1) is 16.2. The molecule has 3 aliphatic carbocycles. The summed E-state index contributed by atoms with van der Waals surface area (Å²) in [5.41, 5.74) is -0.247. The van der Waals surface area contributed by atoms with Crippen LogP contribution < -0.4 is 5.32 Å². The summed E-state index contributed by atoms with van der Waals surface area (Å²) in [7, 11) is 0. The average Bonchev–Trinajstić information content (AvgIpc) is 2.79. The van der Waals surface area contributed by atoms with Gasteiger partial charge < -0.3 is 14.8 Å². The number of aromatic nitrogens is 1. The van der Waals surface area contributed by atoms with Gasteiger partial charge in [0.05, 0.1) is 11.6 Å². The molecular formula is C16H22N2O4S. The second kappa shape index (κ2) is 5.19. The van der Waals surface area contributed by atoms with Crippen molar-refractivity contribution in [1.29, 1.82) is 0 Å². The highest BCUT2D eigenvalue weighted by molar-refractivity contribution is 7.10. The number of amides is 1. The van der Waals surface area contributed by atoms with Gasteiger partial charge >= 0.3 is 12.1 Å². The Morgan fingerprint density at radius 3 is 2.57 bits per heavy atom. The number of carbonyl (C=O) groups is 2. The molecule has 2 bridgehead atoms. The van der Waals surface area contributed by atoms with Gasteiger partial charge in [0.25, 0.3) is 0 Å². The predicted octanol–water partition coefficient (Wildman–Crippen LogP) is 3.02. The lowest BCUT2D eigenvalue weighted by atomic mass is 9.39. The smallest absolute Gasteiger partial charge is 0.408 e. The molecule has 1 heterocycles. The fourth-order valence-corrected chi connectivity index (χ4v) is 4.47.